The SMILES string of the molecule is CCCc1cc2c(c(F)c1F)Oc1c(ccc(CCC3CCC(C4CCC(CCC)CC4)CO3)c1F)C2. The maximum absolute atomic E-state index is 15.4. The molecule has 0 bridgehead atoms. The zero-order valence-electron chi connectivity index (χ0n) is 22.4. The van der Waals surface area contributed by atoms with Gasteiger partial charge in [0.15, 0.2) is 23.1 Å². The minimum absolute atomic E-state index is 0.0369. The summed E-state index contributed by atoms with van der Waals surface area (Å²) in [5.41, 5.74) is 2.14. The van der Waals surface area contributed by atoms with Crippen LogP contribution in [0.4, 0.5) is 13.2 Å². The standard InChI is InChI=1S/C32H41F3O2/c1-3-5-20-7-9-21(10-8-20)25-14-16-27(36-19-25)15-13-22-11-12-24-18-26-17-23(6-4-2)28(33)30(35)32(26)37-31(24)29(22)34/h11-12,17,20-21,25,27H,3-10,13-16,18-19H2,1-2H3. The second-order valence-electron chi connectivity index (χ2n) is 11.6. The van der Waals surface area contributed by atoms with Crippen LogP contribution in [0, 0.1) is 35.2 Å². The first-order valence-corrected chi connectivity index (χ1v) is 14.6. The van der Waals surface area contributed by atoms with Crippen molar-refractivity contribution in [3.05, 3.63) is 57.9 Å². The van der Waals surface area contributed by atoms with Gasteiger partial charge in [-0.05, 0) is 79.9 Å². The first-order chi connectivity index (χ1) is 18.0. The Morgan fingerprint density at radius 1 is 0.730 bits per heavy atom. The van der Waals surface area contributed by atoms with Crippen LogP contribution in [0.25, 0.3) is 0 Å². The smallest absolute Gasteiger partial charge is 0.201 e. The molecule has 5 heteroatoms. The highest BCUT2D eigenvalue weighted by Crippen LogP contribution is 2.43. The Morgan fingerprint density at radius 3 is 2.19 bits per heavy atom. The molecule has 0 amide bonds. The van der Waals surface area contributed by atoms with E-state index < -0.39 is 17.5 Å². The number of aryl methyl sites for hydroxylation is 2. The topological polar surface area (TPSA) is 18.5 Å². The molecule has 2 aromatic rings. The zero-order chi connectivity index (χ0) is 25.9. The van der Waals surface area contributed by atoms with Crippen molar-refractivity contribution < 1.29 is 22.6 Å². The van der Waals surface area contributed by atoms with Crippen molar-refractivity contribution in [2.24, 2.45) is 17.8 Å². The van der Waals surface area contributed by atoms with E-state index in [0.717, 1.165) is 37.7 Å². The van der Waals surface area contributed by atoms with Crippen molar-refractivity contribution in [1.82, 2.24) is 0 Å². The van der Waals surface area contributed by atoms with Gasteiger partial charge in [0.05, 0.1) is 12.7 Å². The van der Waals surface area contributed by atoms with Crippen LogP contribution in [0.5, 0.6) is 11.5 Å². The van der Waals surface area contributed by atoms with E-state index in [1.54, 1.807) is 6.07 Å². The maximum Gasteiger partial charge on any atom is 0.201 e. The summed E-state index contributed by atoms with van der Waals surface area (Å²) < 4.78 is 56.6. The molecule has 2 atom stereocenters. The van der Waals surface area contributed by atoms with Crippen molar-refractivity contribution in [1.29, 1.82) is 0 Å². The summed E-state index contributed by atoms with van der Waals surface area (Å²) in [5.74, 6) is -0.102. The Balaban J connectivity index is 1.17. The highest BCUT2D eigenvalue weighted by Gasteiger charge is 2.32. The van der Waals surface area contributed by atoms with Gasteiger partial charge in [-0.3, -0.25) is 0 Å². The molecule has 0 radical (unpaired) electrons. The summed E-state index contributed by atoms with van der Waals surface area (Å²) in [6, 6.07) is 5.34. The summed E-state index contributed by atoms with van der Waals surface area (Å²) in [6.07, 6.45) is 13.3. The van der Waals surface area contributed by atoms with Crippen molar-refractivity contribution in [2.75, 3.05) is 6.61 Å². The number of rotatable bonds is 8. The third-order valence-electron chi connectivity index (χ3n) is 9.07. The van der Waals surface area contributed by atoms with Crippen molar-refractivity contribution >= 4 is 0 Å². The lowest BCUT2D eigenvalue weighted by Gasteiger charge is -2.38. The van der Waals surface area contributed by atoms with Crippen LogP contribution in [0.3, 0.4) is 0 Å². The summed E-state index contributed by atoms with van der Waals surface area (Å²) in [5, 5.41) is 0. The third-order valence-corrected chi connectivity index (χ3v) is 9.07. The molecular formula is C32H41F3O2. The van der Waals surface area contributed by atoms with Gasteiger partial charge in [0.25, 0.3) is 0 Å². The van der Waals surface area contributed by atoms with Gasteiger partial charge >= 0.3 is 0 Å². The normalized spacial score (nSPS) is 25.3. The first-order valence-electron chi connectivity index (χ1n) is 14.6. The fourth-order valence-corrected chi connectivity index (χ4v) is 6.90. The molecule has 0 aromatic heterocycles. The van der Waals surface area contributed by atoms with Gasteiger partial charge in [-0.15, -0.1) is 0 Å². The molecule has 1 saturated heterocycles. The van der Waals surface area contributed by atoms with E-state index >= 15 is 4.39 Å². The highest BCUT2D eigenvalue weighted by molar-refractivity contribution is 5.53. The van der Waals surface area contributed by atoms with Crippen molar-refractivity contribution in [2.45, 2.75) is 103 Å². The fraction of sp³-hybridized carbons (Fsp3) is 0.625. The molecule has 37 heavy (non-hydrogen) atoms. The molecule has 2 fully saturated rings. The third kappa shape index (κ3) is 5.72. The fourth-order valence-electron chi connectivity index (χ4n) is 6.90. The predicted molar refractivity (Wildman–Crippen MR) is 141 cm³/mol. The van der Waals surface area contributed by atoms with E-state index in [4.69, 9.17) is 9.47 Å². The number of benzene rings is 2. The lowest BCUT2D eigenvalue weighted by Crippen LogP contribution is -2.32. The quantitative estimate of drug-likeness (QED) is 0.298. The molecule has 5 rings (SSSR count). The molecular weight excluding hydrogens is 473 g/mol. The van der Waals surface area contributed by atoms with Gasteiger partial charge in [-0.25, -0.2) is 8.78 Å². The lowest BCUT2D eigenvalue weighted by molar-refractivity contribution is -0.0418. The number of halogens is 3. The summed E-state index contributed by atoms with van der Waals surface area (Å²) in [4.78, 5) is 0. The molecule has 0 spiro atoms. The van der Waals surface area contributed by atoms with E-state index in [2.05, 4.69) is 6.92 Å². The molecule has 2 unspecified atom stereocenters. The average molecular weight is 515 g/mol. The Hall–Kier alpha value is -2.01. The van der Waals surface area contributed by atoms with Crippen LogP contribution >= 0.6 is 0 Å². The van der Waals surface area contributed by atoms with Gasteiger partial charge in [-0.1, -0.05) is 58.1 Å². The molecule has 2 heterocycles. The highest BCUT2D eigenvalue weighted by atomic mass is 19.2. The van der Waals surface area contributed by atoms with Crippen molar-refractivity contribution in [3.8, 4) is 11.5 Å². The number of hydrogen-bond donors (Lipinski definition) is 0. The minimum Gasteiger partial charge on any atom is -0.450 e. The molecule has 2 nitrogen and oxygen atoms in total. The molecule has 2 aromatic carbocycles. The van der Waals surface area contributed by atoms with Crippen LogP contribution in [-0.4, -0.2) is 12.7 Å². The monoisotopic (exact) mass is 514 g/mol. The molecule has 2 aliphatic heterocycles. The Bertz CT molecular complexity index is 1080. The first kappa shape index (κ1) is 26.6. The van der Waals surface area contributed by atoms with Gasteiger partial charge in [0, 0.05) is 17.5 Å². The molecule has 3 aliphatic rings. The summed E-state index contributed by atoms with van der Waals surface area (Å²) in [7, 11) is 0. The lowest BCUT2D eigenvalue weighted by atomic mass is 9.73. The van der Waals surface area contributed by atoms with E-state index in [0.29, 0.717) is 47.4 Å². The minimum atomic E-state index is -1.01. The molecule has 1 aliphatic carbocycles. The second-order valence-corrected chi connectivity index (χ2v) is 11.6. The van der Waals surface area contributed by atoms with Crippen LogP contribution in [0.15, 0.2) is 18.2 Å². The zero-order valence-corrected chi connectivity index (χ0v) is 22.4. The number of hydrogen-bond acceptors (Lipinski definition) is 2. The Kier molecular flexibility index (Phi) is 8.48. The summed E-state index contributed by atoms with van der Waals surface area (Å²) in [6.45, 7) is 5.04. The van der Waals surface area contributed by atoms with Gasteiger partial charge in [0.1, 0.15) is 0 Å². The van der Waals surface area contributed by atoms with E-state index in [1.165, 1.54) is 44.9 Å². The van der Waals surface area contributed by atoms with Gasteiger partial charge < -0.3 is 9.47 Å². The maximum atomic E-state index is 15.4. The summed E-state index contributed by atoms with van der Waals surface area (Å²) >= 11 is 0. The number of fused-ring (bicyclic) bond motifs is 2. The molecule has 0 N–H and O–H groups in total. The van der Waals surface area contributed by atoms with Crippen LogP contribution in [0.2, 0.25) is 0 Å². The predicted octanol–water partition coefficient (Wildman–Crippen LogP) is 9.09. The number of ether oxygens (including phenoxy) is 2. The van der Waals surface area contributed by atoms with Crippen LogP contribution < -0.4 is 4.74 Å². The average Bonchev–Trinajstić information content (AvgIpc) is 2.92. The van der Waals surface area contributed by atoms with Crippen LogP contribution in [-0.2, 0) is 24.0 Å². The molecule has 1 saturated carbocycles. The second kappa shape index (κ2) is 11.8. The van der Waals surface area contributed by atoms with Crippen molar-refractivity contribution in [3.63, 3.8) is 0 Å². The molecule has 202 valence electrons. The van der Waals surface area contributed by atoms with E-state index in [9.17, 15) is 8.78 Å². The largest absolute Gasteiger partial charge is 0.450 e. The Morgan fingerprint density at radius 2 is 1.49 bits per heavy atom. The van der Waals surface area contributed by atoms with Gasteiger partial charge in [-0.2, -0.15) is 4.39 Å². The van der Waals surface area contributed by atoms with E-state index in [1.807, 2.05) is 19.1 Å². The van der Waals surface area contributed by atoms with Gasteiger partial charge in [0.2, 0.25) is 5.82 Å². The Labute approximate surface area is 219 Å². The van der Waals surface area contributed by atoms with Crippen LogP contribution in [0.1, 0.15) is 100 Å². The van der Waals surface area contributed by atoms with E-state index in [-0.39, 0.29) is 17.6 Å².